The van der Waals surface area contributed by atoms with Gasteiger partial charge in [0, 0.05) is 11.6 Å². The van der Waals surface area contributed by atoms with E-state index < -0.39 is 0 Å². The van der Waals surface area contributed by atoms with Crippen molar-refractivity contribution in [2.45, 2.75) is 26.2 Å². The van der Waals surface area contributed by atoms with Gasteiger partial charge in [-0.05, 0) is 0 Å². The highest BCUT2D eigenvalue weighted by molar-refractivity contribution is 5.55. The van der Waals surface area contributed by atoms with Crippen molar-refractivity contribution in [3.8, 4) is 0 Å². The SMILES string of the molecule is C=C(N)c1cnc(C(C)(C)C)cn1. The van der Waals surface area contributed by atoms with Gasteiger partial charge in [0.1, 0.15) is 5.69 Å². The van der Waals surface area contributed by atoms with Gasteiger partial charge in [-0.3, -0.25) is 9.97 Å². The third-order valence-electron chi connectivity index (χ3n) is 1.75. The fourth-order valence-corrected chi connectivity index (χ4v) is 0.881. The Hall–Kier alpha value is -1.38. The van der Waals surface area contributed by atoms with E-state index in [9.17, 15) is 0 Å². The van der Waals surface area contributed by atoms with E-state index in [1.54, 1.807) is 12.4 Å². The summed E-state index contributed by atoms with van der Waals surface area (Å²) in [6.07, 6.45) is 3.40. The van der Waals surface area contributed by atoms with Crippen molar-refractivity contribution in [1.82, 2.24) is 9.97 Å². The van der Waals surface area contributed by atoms with Crippen molar-refractivity contribution in [2.24, 2.45) is 5.73 Å². The maximum atomic E-state index is 5.48. The van der Waals surface area contributed by atoms with Crippen molar-refractivity contribution < 1.29 is 0 Å². The second kappa shape index (κ2) is 3.17. The van der Waals surface area contributed by atoms with E-state index in [0.717, 1.165) is 5.69 Å². The lowest BCUT2D eigenvalue weighted by atomic mass is 9.93. The summed E-state index contributed by atoms with van der Waals surface area (Å²) in [6.45, 7) is 9.87. The van der Waals surface area contributed by atoms with Crippen LogP contribution in [-0.4, -0.2) is 9.97 Å². The van der Waals surface area contributed by atoms with Crippen LogP contribution < -0.4 is 5.73 Å². The zero-order chi connectivity index (χ0) is 10.1. The van der Waals surface area contributed by atoms with E-state index in [1.165, 1.54) is 0 Å². The number of nitrogens with zero attached hydrogens (tertiary/aromatic N) is 2. The highest BCUT2D eigenvalue weighted by atomic mass is 14.8. The molecule has 3 nitrogen and oxygen atoms in total. The maximum Gasteiger partial charge on any atom is 0.104 e. The van der Waals surface area contributed by atoms with E-state index in [2.05, 4.69) is 37.3 Å². The van der Waals surface area contributed by atoms with Gasteiger partial charge in [-0.2, -0.15) is 0 Å². The number of rotatable bonds is 1. The largest absolute Gasteiger partial charge is 0.397 e. The summed E-state index contributed by atoms with van der Waals surface area (Å²) in [7, 11) is 0. The molecule has 13 heavy (non-hydrogen) atoms. The predicted octanol–water partition coefficient (Wildman–Crippen LogP) is 1.70. The smallest absolute Gasteiger partial charge is 0.104 e. The van der Waals surface area contributed by atoms with Gasteiger partial charge in [0.25, 0.3) is 0 Å². The molecule has 0 spiro atoms. The zero-order valence-electron chi connectivity index (χ0n) is 8.33. The Kier molecular flexibility index (Phi) is 2.36. The molecule has 3 heteroatoms. The molecule has 0 aromatic carbocycles. The summed E-state index contributed by atoms with van der Waals surface area (Å²) in [5.41, 5.74) is 7.56. The van der Waals surface area contributed by atoms with Gasteiger partial charge in [0.2, 0.25) is 0 Å². The minimum Gasteiger partial charge on any atom is -0.397 e. The molecule has 70 valence electrons. The summed E-state index contributed by atoms with van der Waals surface area (Å²) in [6, 6.07) is 0. The molecule has 1 aromatic heterocycles. The van der Waals surface area contributed by atoms with Gasteiger partial charge in [0.15, 0.2) is 0 Å². The molecular weight excluding hydrogens is 162 g/mol. The molecule has 1 rings (SSSR count). The normalized spacial score (nSPS) is 11.3. The number of aromatic nitrogens is 2. The topological polar surface area (TPSA) is 51.8 Å². The van der Waals surface area contributed by atoms with Crippen LogP contribution in [0.4, 0.5) is 0 Å². The molecule has 0 aliphatic carbocycles. The molecular formula is C10H15N3. The van der Waals surface area contributed by atoms with Crippen LogP contribution >= 0.6 is 0 Å². The van der Waals surface area contributed by atoms with E-state index in [1.807, 2.05) is 0 Å². The van der Waals surface area contributed by atoms with Crippen LogP contribution in [0.2, 0.25) is 0 Å². The van der Waals surface area contributed by atoms with Gasteiger partial charge in [0.05, 0.1) is 17.6 Å². The van der Waals surface area contributed by atoms with Crippen molar-refractivity contribution in [1.29, 1.82) is 0 Å². The molecule has 0 aliphatic rings. The summed E-state index contributed by atoms with van der Waals surface area (Å²) in [5, 5.41) is 0. The molecule has 0 radical (unpaired) electrons. The van der Waals surface area contributed by atoms with Gasteiger partial charge >= 0.3 is 0 Å². The standard InChI is InChI=1S/C10H15N3/c1-7(11)8-5-13-9(6-12-8)10(2,3)4/h5-6H,1,11H2,2-4H3. The van der Waals surface area contributed by atoms with Crippen LogP contribution in [0, 0.1) is 0 Å². The van der Waals surface area contributed by atoms with Gasteiger partial charge in [-0.25, -0.2) is 0 Å². The summed E-state index contributed by atoms with van der Waals surface area (Å²) < 4.78 is 0. The highest BCUT2D eigenvalue weighted by Gasteiger charge is 2.15. The van der Waals surface area contributed by atoms with Crippen molar-refractivity contribution in [2.75, 3.05) is 0 Å². The third kappa shape index (κ3) is 2.28. The van der Waals surface area contributed by atoms with E-state index in [0.29, 0.717) is 11.4 Å². The third-order valence-corrected chi connectivity index (χ3v) is 1.75. The zero-order valence-corrected chi connectivity index (χ0v) is 8.33. The van der Waals surface area contributed by atoms with E-state index in [4.69, 9.17) is 5.73 Å². The van der Waals surface area contributed by atoms with Crippen LogP contribution in [-0.2, 0) is 5.41 Å². The van der Waals surface area contributed by atoms with Crippen molar-refractivity contribution in [3.05, 3.63) is 30.4 Å². The Morgan fingerprint density at radius 3 is 2.23 bits per heavy atom. The minimum atomic E-state index is 0.0292. The molecule has 1 heterocycles. The molecule has 0 saturated carbocycles. The van der Waals surface area contributed by atoms with Crippen LogP contribution in [0.3, 0.4) is 0 Å². The summed E-state index contributed by atoms with van der Waals surface area (Å²) >= 11 is 0. The fourth-order valence-electron chi connectivity index (χ4n) is 0.881. The molecule has 0 amide bonds. The lowest BCUT2D eigenvalue weighted by Gasteiger charge is -2.16. The molecule has 0 aliphatic heterocycles. The molecule has 2 N–H and O–H groups in total. The second-order valence-electron chi connectivity index (χ2n) is 4.06. The lowest BCUT2D eigenvalue weighted by molar-refractivity contribution is 0.565. The van der Waals surface area contributed by atoms with Crippen molar-refractivity contribution >= 4 is 5.70 Å². The number of nitrogens with two attached hydrogens (primary N) is 1. The van der Waals surface area contributed by atoms with Crippen molar-refractivity contribution in [3.63, 3.8) is 0 Å². The number of hydrogen-bond acceptors (Lipinski definition) is 3. The van der Waals surface area contributed by atoms with Crippen LogP contribution in [0.25, 0.3) is 5.70 Å². The lowest BCUT2D eigenvalue weighted by Crippen LogP contribution is -2.14. The van der Waals surface area contributed by atoms with Crippen LogP contribution in [0.5, 0.6) is 0 Å². The van der Waals surface area contributed by atoms with Gasteiger partial charge in [-0.15, -0.1) is 0 Å². The molecule has 1 aromatic rings. The summed E-state index contributed by atoms with van der Waals surface area (Å²) in [5.74, 6) is 0. The molecule has 0 saturated heterocycles. The average molecular weight is 177 g/mol. The molecule has 0 unspecified atom stereocenters. The second-order valence-corrected chi connectivity index (χ2v) is 4.06. The van der Waals surface area contributed by atoms with E-state index in [-0.39, 0.29) is 5.41 Å². The fraction of sp³-hybridized carbons (Fsp3) is 0.400. The van der Waals surface area contributed by atoms with E-state index >= 15 is 0 Å². The first-order valence-electron chi connectivity index (χ1n) is 4.18. The first-order chi connectivity index (χ1) is 5.91. The summed E-state index contributed by atoms with van der Waals surface area (Å²) in [4.78, 5) is 8.43. The Morgan fingerprint density at radius 1 is 1.31 bits per heavy atom. The Labute approximate surface area is 78.7 Å². The first kappa shape index (κ1) is 9.71. The highest BCUT2D eigenvalue weighted by Crippen LogP contribution is 2.18. The Morgan fingerprint density at radius 2 is 1.92 bits per heavy atom. The average Bonchev–Trinajstić information content (AvgIpc) is 2.03. The quantitative estimate of drug-likeness (QED) is 0.710. The Balaban J connectivity index is 3.01. The number of hydrogen-bond donors (Lipinski definition) is 1. The van der Waals surface area contributed by atoms with Crippen LogP contribution in [0.15, 0.2) is 19.0 Å². The molecule has 0 fully saturated rings. The monoisotopic (exact) mass is 177 g/mol. The van der Waals surface area contributed by atoms with Gasteiger partial charge < -0.3 is 5.73 Å². The first-order valence-corrected chi connectivity index (χ1v) is 4.18. The predicted molar refractivity (Wildman–Crippen MR) is 54.0 cm³/mol. The van der Waals surface area contributed by atoms with Crippen LogP contribution in [0.1, 0.15) is 32.2 Å². The maximum absolute atomic E-state index is 5.48. The molecule has 0 bridgehead atoms. The van der Waals surface area contributed by atoms with Gasteiger partial charge in [-0.1, -0.05) is 27.4 Å². The Bertz CT molecular complexity index is 306. The molecule has 0 atom stereocenters. The minimum absolute atomic E-state index is 0.0292.